The highest BCUT2D eigenvalue weighted by molar-refractivity contribution is 7.79. The Morgan fingerprint density at radius 2 is 1.04 bits per heavy atom. The number of fused-ring (bicyclic) bond motifs is 8. The van der Waals surface area contributed by atoms with Crippen molar-refractivity contribution in [3.05, 3.63) is 109 Å². The monoisotopic (exact) mass is 740 g/mol. The van der Waals surface area contributed by atoms with Gasteiger partial charge in [0.25, 0.3) is 0 Å². The molecule has 52 heavy (non-hydrogen) atoms. The average Bonchev–Trinajstić information content (AvgIpc) is 3.13. The molecule has 10 atom stereocenters. The van der Waals surface area contributed by atoms with Crippen LogP contribution in [0.4, 0.5) is 0 Å². The fourth-order valence-corrected chi connectivity index (χ4v) is 8.58. The molecule has 0 spiro atoms. The van der Waals surface area contributed by atoms with Crippen LogP contribution in [0.2, 0.25) is 0 Å². The highest BCUT2D eigenvalue weighted by atomic mass is 32.3. The predicted molar refractivity (Wildman–Crippen MR) is 202 cm³/mol. The highest BCUT2D eigenvalue weighted by Crippen LogP contribution is 2.43. The third kappa shape index (κ3) is 9.46. The van der Waals surface area contributed by atoms with Crippen molar-refractivity contribution in [3.63, 3.8) is 0 Å². The molecule has 6 fully saturated rings. The maximum atomic E-state index is 11.0. The maximum absolute atomic E-state index is 11.0. The molecule has 14 heteroatoms. The molecule has 10 N–H and O–H groups in total. The zero-order valence-corrected chi connectivity index (χ0v) is 29.9. The van der Waals surface area contributed by atoms with Crippen molar-refractivity contribution in [3.8, 4) is 0 Å². The number of piperidine rings is 6. The molecule has 0 radical (unpaired) electrons. The van der Waals surface area contributed by atoms with Crippen LogP contribution >= 0.6 is 0 Å². The Morgan fingerprint density at radius 1 is 0.673 bits per heavy atom. The summed E-state index contributed by atoms with van der Waals surface area (Å²) in [4.78, 5) is 13.7. The van der Waals surface area contributed by atoms with Crippen LogP contribution in [0.25, 0.3) is 21.8 Å². The van der Waals surface area contributed by atoms with Gasteiger partial charge in [0.1, 0.15) is 0 Å². The van der Waals surface area contributed by atoms with E-state index in [1.165, 1.54) is 12.8 Å². The Balaban J connectivity index is 0.000000236. The summed E-state index contributed by atoms with van der Waals surface area (Å²) in [5, 5.41) is 24.2. The van der Waals surface area contributed by atoms with E-state index in [1.807, 2.05) is 60.9 Å². The van der Waals surface area contributed by atoms with Crippen molar-refractivity contribution < 1.29 is 44.2 Å². The molecule has 0 aliphatic carbocycles. The number of para-hydroxylation sites is 2. The lowest BCUT2D eigenvalue weighted by molar-refractivity contribution is -0.0445. The van der Waals surface area contributed by atoms with Gasteiger partial charge in [-0.3, -0.25) is 28.9 Å². The summed E-state index contributed by atoms with van der Waals surface area (Å²) in [5.41, 5.74) is 3.94. The summed E-state index contributed by atoms with van der Waals surface area (Å²) in [6.45, 7) is 12.2. The van der Waals surface area contributed by atoms with E-state index >= 15 is 0 Å². The summed E-state index contributed by atoms with van der Waals surface area (Å²) in [5.74, 6) is 2.53. The van der Waals surface area contributed by atoms with Crippen LogP contribution in [-0.4, -0.2) is 102 Å². The van der Waals surface area contributed by atoms with E-state index in [9.17, 15) is 10.2 Å². The van der Waals surface area contributed by atoms with E-state index in [1.54, 1.807) is 0 Å². The van der Waals surface area contributed by atoms with E-state index in [2.05, 4.69) is 57.2 Å². The molecule has 6 aliphatic rings. The Hall–Kier alpha value is -3.67. The molecular weight excluding hydrogens is 689 g/mol. The van der Waals surface area contributed by atoms with Crippen LogP contribution in [0.3, 0.4) is 0 Å². The standard InChI is InChI=1S/2C19H22N2O.H2O4S.3H2O/c2*1-2-13-12-21-10-8-14(13)11-18(21)19(22)16-7-9-20-17-6-4-3-5-15(16)17;1-5(2,3)4;;;/h2*2-7,9,13-14,18-19,22H,1,8,10-12H2;(H2,1,2,3,4);3*1H2/t2*13-,14-,18-,19+;;;;/m00..../s1. The molecule has 8 heterocycles. The molecule has 2 unspecified atom stereocenters. The highest BCUT2D eigenvalue weighted by Gasteiger charge is 2.43. The predicted octanol–water partition coefficient (Wildman–Crippen LogP) is 3.20. The van der Waals surface area contributed by atoms with Gasteiger partial charge in [-0.1, -0.05) is 48.6 Å². The Morgan fingerprint density at radius 3 is 1.37 bits per heavy atom. The lowest BCUT2D eigenvalue weighted by atomic mass is 9.73. The number of rotatable bonds is 6. The SMILES string of the molecule is C=C[C@H]1CN2CC[C@H]1C[C@H]2[C@H](O)c1ccnc2ccccc12.C=C[C@H]1CN2CC[C@H]1C[C@H]2[C@H](O)c1ccnc2ccccc12.O.O.O.O=S(=O)(O)O. The average molecular weight is 741 g/mol. The van der Waals surface area contributed by atoms with Crippen molar-refractivity contribution in [1.29, 1.82) is 0 Å². The smallest absolute Gasteiger partial charge is 0.394 e. The van der Waals surface area contributed by atoms with Gasteiger partial charge in [0.2, 0.25) is 0 Å². The summed E-state index contributed by atoms with van der Waals surface area (Å²) in [6.07, 6.45) is 11.5. The third-order valence-corrected chi connectivity index (χ3v) is 11.0. The van der Waals surface area contributed by atoms with Crippen molar-refractivity contribution in [2.75, 3.05) is 26.2 Å². The van der Waals surface area contributed by atoms with Crippen LogP contribution in [0.1, 0.15) is 49.0 Å². The largest absolute Gasteiger partial charge is 0.412 e. The molecule has 13 nitrogen and oxygen atoms in total. The van der Waals surface area contributed by atoms with Gasteiger partial charge in [-0.2, -0.15) is 8.42 Å². The zero-order chi connectivity index (χ0) is 34.7. The minimum Gasteiger partial charge on any atom is -0.412 e. The Bertz CT molecular complexity index is 1760. The van der Waals surface area contributed by atoms with Crippen LogP contribution in [0, 0.1) is 23.7 Å². The van der Waals surface area contributed by atoms with Gasteiger partial charge < -0.3 is 26.6 Å². The number of hydrogen-bond donors (Lipinski definition) is 4. The number of aromatic nitrogens is 2. The number of aliphatic hydroxyl groups excluding tert-OH is 2. The van der Waals surface area contributed by atoms with Crippen LogP contribution in [0.15, 0.2) is 98.4 Å². The minimum atomic E-state index is -4.67. The number of nitrogens with zero attached hydrogens (tertiary/aromatic N) is 4. The molecule has 2 aromatic carbocycles. The van der Waals surface area contributed by atoms with Gasteiger partial charge in [0, 0.05) is 48.3 Å². The number of hydrogen-bond acceptors (Lipinski definition) is 8. The van der Waals surface area contributed by atoms with Gasteiger partial charge in [-0.05, 0) is 97.8 Å². The van der Waals surface area contributed by atoms with Gasteiger partial charge in [0.05, 0.1) is 23.2 Å². The molecule has 284 valence electrons. The molecule has 4 aromatic rings. The minimum absolute atomic E-state index is 0. The van der Waals surface area contributed by atoms with Gasteiger partial charge in [-0.25, -0.2) is 0 Å². The zero-order valence-electron chi connectivity index (χ0n) is 29.1. The van der Waals surface area contributed by atoms with Crippen molar-refractivity contribution in [2.45, 2.75) is 50.0 Å². The van der Waals surface area contributed by atoms with E-state index in [0.29, 0.717) is 23.7 Å². The van der Waals surface area contributed by atoms with E-state index < -0.39 is 22.6 Å². The first kappa shape index (κ1) is 42.7. The van der Waals surface area contributed by atoms with Crippen LogP contribution < -0.4 is 0 Å². The van der Waals surface area contributed by atoms with Crippen molar-refractivity contribution in [2.24, 2.45) is 23.7 Å². The van der Waals surface area contributed by atoms with Crippen molar-refractivity contribution in [1.82, 2.24) is 19.8 Å². The van der Waals surface area contributed by atoms with Crippen LogP contribution in [-0.2, 0) is 10.4 Å². The Labute approximate surface area is 304 Å². The van der Waals surface area contributed by atoms with Gasteiger partial charge in [0.15, 0.2) is 0 Å². The topological polar surface area (TPSA) is 242 Å². The number of pyridine rings is 2. The third-order valence-electron chi connectivity index (χ3n) is 11.0. The van der Waals surface area contributed by atoms with Crippen molar-refractivity contribution >= 4 is 32.2 Å². The molecular formula is C38H52N4O9S. The molecule has 0 saturated carbocycles. The van der Waals surface area contributed by atoms with Crippen LogP contribution in [0.5, 0.6) is 0 Å². The molecule has 2 aromatic heterocycles. The second kappa shape index (κ2) is 18.4. The molecule has 10 rings (SSSR count). The molecule has 6 aliphatic heterocycles. The lowest BCUT2D eigenvalue weighted by Crippen LogP contribution is -2.54. The van der Waals surface area contributed by atoms with E-state index in [-0.39, 0.29) is 28.5 Å². The summed E-state index contributed by atoms with van der Waals surface area (Å²) in [7, 11) is -4.67. The first-order chi connectivity index (χ1) is 23.6. The fourth-order valence-electron chi connectivity index (χ4n) is 8.58. The maximum Gasteiger partial charge on any atom is 0.394 e. The summed E-state index contributed by atoms with van der Waals surface area (Å²) >= 11 is 0. The Kier molecular flexibility index (Phi) is 15.1. The van der Waals surface area contributed by atoms with Gasteiger partial charge in [-0.15, -0.1) is 13.2 Å². The first-order valence-electron chi connectivity index (χ1n) is 17.0. The number of benzene rings is 2. The quantitative estimate of drug-likeness (QED) is 0.166. The fraction of sp³-hybridized carbons (Fsp3) is 0.421. The van der Waals surface area contributed by atoms with Gasteiger partial charge >= 0.3 is 10.4 Å². The van der Waals surface area contributed by atoms with E-state index in [0.717, 1.165) is 72.0 Å². The first-order valence-corrected chi connectivity index (χ1v) is 18.4. The normalized spacial score (nSPS) is 28.2. The molecule has 6 saturated heterocycles. The summed E-state index contributed by atoms with van der Waals surface area (Å²) in [6, 6.07) is 20.5. The lowest BCUT2D eigenvalue weighted by Gasteiger charge is -2.50. The molecule has 0 amide bonds. The molecule has 4 bridgehead atoms. The second-order valence-corrected chi connectivity index (χ2v) is 14.6. The summed E-state index contributed by atoms with van der Waals surface area (Å²) < 4.78 is 31.6. The second-order valence-electron chi connectivity index (χ2n) is 13.7. The number of aliphatic hydroxyl groups is 2. The van der Waals surface area contributed by atoms with E-state index in [4.69, 9.17) is 17.5 Å².